The standard InChI is InChI=1S/C15H14ClNO2S/c1-18-13-6-11(15(17)20)7-14(8-13)19-9-10-2-4-12(16)5-3-10/h2-8H,9H2,1H3,(H2,17,20). The van der Waals surface area contributed by atoms with Crippen molar-refractivity contribution in [3.8, 4) is 11.5 Å². The Kier molecular flexibility index (Phi) is 4.82. The van der Waals surface area contributed by atoms with Crippen molar-refractivity contribution in [2.45, 2.75) is 6.61 Å². The molecule has 0 fully saturated rings. The van der Waals surface area contributed by atoms with E-state index in [0.29, 0.717) is 33.7 Å². The number of nitrogens with two attached hydrogens (primary N) is 1. The molecular formula is C15H14ClNO2S. The van der Waals surface area contributed by atoms with E-state index in [0.717, 1.165) is 5.56 Å². The number of methoxy groups -OCH3 is 1. The van der Waals surface area contributed by atoms with Crippen LogP contribution in [0.3, 0.4) is 0 Å². The molecule has 0 saturated carbocycles. The maximum Gasteiger partial charge on any atom is 0.124 e. The fraction of sp³-hybridized carbons (Fsp3) is 0.133. The van der Waals surface area contributed by atoms with E-state index < -0.39 is 0 Å². The highest BCUT2D eigenvalue weighted by Crippen LogP contribution is 2.23. The molecule has 0 radical (unpaired) electrons. The molecule has 0 atom stereocenters. The van der Waals surface area contributed by atoms with Gasteiger partial charge in [-0.25, -0.2) is 0 Å². The second-order valence-electron chi connectivity index (χ2n) is 4.18. The average molecular weight is 308 g/mol. The Labute approximate surface area is 128 Å². The lowest BCUT2D eigenvalue weighted by atomic mass is 10.2. The number of hydrogen-bond acceptors (Lipinski definition) is 3. The van der Waals surface area contributed by atoms with E-state index in [2.05, 4.69) is 0 Å². The molecule has 104 valence electrons. The molecule has 0 heterocycles. The van der Waals surface area contributed by atoms with Crippen molar-refractivity contribution in [1.29, 1.82) is 0 Å². The summed E-state index contributed by atoms with van der Waals surface area (Å²) < 4.78 is 10.9. The highest BCUT2D eigenvalue weighted by atomic mass is 35.5. The minimum Gasteiger partial charge on any atom is -0.497 e. The summed E-state index contributed by atoms with van der Waals surface area (Å²) in [5.74, 6) is 1.31. The van der Waals surface area contributed by atoms with Crippen LogP contribution in [0.2, 0.25) is 5.02 Å². The third-order valence-electron chi connectivity index (χ3n) is 2.72. The van der Waals surface area contributed by atoms with E-state index in [1.165, 1.54) is 0 Å². The first kappa shape index (κ1) is 14.6. The van der Waals surface area contributed by atoms with Crippen molar-refractivity contribution in [2.24, 2.45) is 5.73 Å². The predicted molar refractivity (Wildman–Crippen MR) is 84.7 cm³/mol. The van der Waals surface area contributed by atoms with Crippen LogP contribution >= 0.6 is 23.8 Å². The van der Waals surface area contributed by atoms with Gasteiger partial charge in [-0.2, -0.15) is 0 Å². The summed E-state index contributed by atoms with van der Waals surface area (Å²) in [4.78, 5) is 0.306. The van der Waals surface area contributed by atoms with Gasteiger partial charge in [0.1, 0.15) is 23.1 Å². The van der Waals surface area contributed by atoms with Crippen molar-refractivity contribution in [2.75, 3.05) is 7.11 Å². The zero-order chi connectivity index (χ0) is 14.5. The molecule has 0 spiro atoms. The fourth-order valence-electron chi connectivity index (χ4n) is 1.66. The van der Waals surface area contributed by atoms with Crippen LogP contribution in [0.5, 0.6) is 11.5 Å². The number of hydrogen-bond donors (Lipinski definition) is 1. The van der Waals surface area contributed by atoms with E-state index in [-0.39, 0.29) is 0 Å². The van der Waals surface area contributed by atoms with Gasteiger partial charge in [0.15, 0.2) is 0 Å². The van der Waals surface area contributed by atoms with Crippen molar-refractivity contribution < 1.29 is 9.47 Å². The first-order valence-corrected chi connectivity index (χ1v) is 6.73. The second-order valence-corrected chi connectivity index (χ2v) is 5.05. The van der Waals surface area contributed by atoms with Gasteiger partial charge in [-0.05, 0) is 29.8 Å². The van der Waals surface area contributed by atoms with E-state index in [1.54, 1.807) is 25.3 Å². The molecular weight excluding hydrogens is 294 g/mol. The van der Waals surface area contributed by atoms with Crippen molar-refractivity contribution in [3.63, 3.8) is 0 Å². The third-order valence-corrected chi connectivity index (χ3v) is 3.21. The summed E-state index contributed by atoms with van der Waals surface area (Å²) in [7, 11) is 1.58. The molecule has 2 aromatic rings. The maximum atomic E-state index is 5.84. The summed E-state index contributed by atoms with van der Waals surface area (Å²) in [6.45, 7) is 0.432. The summed E-state index contributed by atoms with van der Waals surface area (Å²) >= 11 is 10.8. The van der Waals surface area contributed by atoms with Crippen LogP contribution in [-0.4, -0.2) is 12.1 Å². The summed E-state index contributed by atoms with van der Waals surface area (Å²) in [5, 5.41) is 0.700. The monoisotopic (exact) mass is 307 g/mol. The van der Waals surface area contributed by atoms with Crippen LogP contribution in [0.15, 0.2) is 42.5 Å². The van der Waals surface area contributed by atoms with Crippen LogP contribution in [-0.2, 0) is 6.61 Å². The first-order chi connectivity index (χ1) is 9.58. The van der Waals surface area contributed by atoms with Crippen LogP contribution in [0.25, 0.3) is 0 Å². The molecule has 0 aromatic heterocycles. The second kappa shape index (κ2) is 6.59. The molecule has 2 rings (SSSR count). The zero-order valence-electron chi connectivity index (χ0n) is 10.9. The molecule has 3 nitrogen and oxygen atoms in total. The van der Waals surface area contributed by atoms with Gasteiger partial charge in [-0.3, -0.25) is 0 Å². The minimum atomic E-state index is 0.306. The van der Waals surface area contributed by atoms with Crippen LogP contribution in [0.1, 0.15) is 11.1 Å². The number of thiocarbonyl (C=S) groups is 1. The molecule has 0 saturated heterocycles. The van der Waals surface area contributed by atoms with Gasteiger partial charge >= 0.3 is 0 Å². The lowest BCUT2D eigenvalue weighted by Gasteiger charge is -2.10. The Morgan fingerprint density at radius 3 is 2.40 bits per heavy atom. The summed E-state index contributed by atoms with van der Waals surface area (Å²) in [6.07, 6.45) is 0. The smallest absolute Gasteiger partial charge is 0.124 e. The number of rotatable bonds is 5. The van der Waals surface area contributed by atoms with Gasteiger partial charge in [0.05, 0.1) is 7.11 Å². The Morgan fingerprint density at radius 2 is 1.80 bits per heavy atom. The predicted octanol–water partition coefficient (Wildman–Crippen LogP) is 3.56. The number of halogens is 1. The number of benzene rings is 2. The molecule has 5 heteroatoms. The molecule has 0 amide bonds. The van der Waals surface area contributed by atoms with Crippen molar-refractivity contribution >= 4 is 28.8 Å². The molecule has 0 bridgehead atoms. The lowest BCUT2D eigenvalue weighted by molar-refractivity contribution is 0.303. The maximum absolute atomic E-state index is 5.84. The minimum absolute atomic E-state index is 0.306. The first-order valence-electron chi connectivity index (χ1n) is 5.94. The Morgan fingerprint density at radius 1 is 1.15 bits per heavy atom. The SMILES string of the molecule is COc1cc(OCc2ccc(Cl)cc2)cc(C(N)=S)c1. The molecule has 0 aliphatic rings. The number of ether oxygens (including phenoxy) is 2. The molecule has 0 unspecified atom stereocenters. The highest BCUT2D eigenvalue weighted by Gasteiger charge is 2.05. The van der Waals surface area contributed by atoms with E-state index in [1.807, 2.05) is 24.3 Å². The molecule has 0 aliphatic heterocycles. The van der Waals surface area contributed by atoms with Gasteiger partial charge in [0.25, 0.3) is 0 Å². The van der Waals surface area contributed by atoms with Gasteiger partial charge in [0, 0.05) is 16.7 Å². The van der Waals surface area contributed by atoms with Gasteiger partial charge in [0.2, 0.25) is 0 Å². The van der Waals surface area contributed by atoms with Crippen molar-refractivity contribution in [3.05, 3.63) is 58.6 Å². The van der Waals surface area contributed by atoms with Crippen molar-refractivity contribution in [1.82, 2.24) is 0 Å². The molecule has 2 N–H and O–H groups in total. The fourth-order valence-corrected chi connectivity index (χ4v) is 1.91. The Bertz CT molecular complexity index is 614. The molecule has 0 aliphatic carbocycles. The topological polar surface area (TPSA) is 44.5 Å². The Hall–Kier alpha value is -1.78. The van der Waals surface area contributed by atoms with Crippen LogP contribution in [0.4, 0.5) is 0 Å². The largest absolute Gasteiger partial charge is 0.497 e. The summed E-state index contributed by atoms with van der Waals surface area (Å²) in [5.41, 5.74) is 7.37. The third kappa shape index (κ3) is 3.85. The quantitative estimate of drug-likeness (QED) is 0.858. The summed E-state index contributed by atoms with van der Waals surface area (Å²) in [6, 6.07) is 12.8. The molecule has 20 heavy (non-hydrogen) atoms. The average Bonchev–Trinajstić information content (AvgIpc) is 2.46. The van der Waals surface area contributed by atoms with E-state index >= 15 is 0 Å². The highest BCUT2D eigenvalue weighted by molar-refractivity contribution is 7.80. The van der Waals surface area contributed by atoms with Crippen LogP contribution in [0, 0.1) is 0 Å². The normalized spacial score (nSPS) is 10.1. The van der Waals surface area contributed by atoms with Gasteiger partial charge < -0.3 is 15.2 Å². The van der Waals surface area contributed by atoms with Crippen LogP contribution < -0.4 is 15.2 Å². The zero-order valence-corrected chi connectivity index (χ0v) is 12.5. The van der Waals surface area contributed by atoms with Gasteiger partial charge in [-0.1, -0.05) is 36.0 Å². The van der Waals surface area contributed by atoms with E-state index in [9.17, 15) is 0 Å². The van der Waals surface area contributed by atoms with E-state index in [4.69, 9.17) is 39.0 Å². The Balaban J connectivity index is 2.14. The lowest BCUT2D eigenvalue weighted by Crippen LogP contribution is -2.09. The van der Waals surface area contributed by atoms with Gasteiger partial charge in [-0.15, -0.1) is 0 Å². The molecule has 2 aromatic carbocycles.